The normalized spacial score (nSPS) is 16.4. The van der Waals surface area contributed by atoms with Crippen LogP contribution in [-0.4, -0.2) is 35.3 Å². The first kappa shape index (κ1) is 14.5. The van der Waals surface area contributed by atoms with Gasteiger partial charge in [0.1, 0.15) is 5.75 Å². The molecular weight excluding hydrogens is 256 g/mol. The van der Waals surface area contributed by atoms with Crippen molar-refractivity contribution in [1.29, 1.82) is 0 Å². The van der Waals surface area contributed by atoms with Gasteiger partial charge in [-0.1, -0.05) is 6.07 Å². The van der Waals surface area contributed by atoms with Gasteiger partial charge in [-0.25, -0.2) is 4.79 Å². The average molecular weight is 278 g/mol. The Balaban J connectivity index is 2.08. The fraction of sp³-hybridized carbons (Fsp3) is 0.533. The van der Waals surface area contributed by atoms with E-state index in [9.17, 15) is 4.79 Å². The maximum Gasteiger partial charge on any atom is 0.407 e. The largest absolute Gasteiger partial charge is 0.489 e. The van der Waals surface area contributed by atoms with Gasteiger partial charge >= 0.3 is 6.09 Å². The molecule has 3 N–H and O–H groups in total. The number of hydrogen-bond donors (Lipinski definition) is 2. The van der Waals surface area contributed by atoms with E-state index in [1.165, 1.54) is 10.5 Å². The van der Waals surface area contributed by atoms with Gasteiger partial charge in [0, 0.05) is 13.1 Å². The van der Waals surface area contributed by atoms with Crippen LogP contribution in [-0.2, 0) is 0 Å². The summed E-state index contributed by atoms with van der Waals surface area (Å²) >= 11 is 0. The number of anilines is 1. The quantitative estimate of drug-likeness (QED) is 0.833. The van der Waals surface area contributed by atoms with Crippen LogP contribution in [0.15, 0.2) is 18.2 Å². The molecular formula is C15H22N2O3. The molecule has 0 atom stereocenters. The molecule has 110 valence electrons. The molecule has 0 unspecified atom stereocenters. The van der Waals surface area contributed by atoms with Gasteiger partial charge < -0.3 is 20.5 Å². The zero-order valence-electron chi connectivity index (χ0n) is 12.0. The van der Waals surface area contributed by atoms with Crippen LogP contribution >= 0.6 is 0 Å². The predicted octanol–water partition coefficient (Wildman–Crippen LogP) is 2.91. The molecule has 0 aromatic heterocycles. The number of benzene rings is 1. The molecule has 0 radical (unpaired) electrons. The number of nitrogen functional groups attached to an aromatic ring is 1. The van der Waals surface area contributed by atoms with E-state index < -0.39 is 6.09 Å². The Bertz CT molecular complexity index is 480. The first-order chi connectivity index (χ1) is 9.47. The summed E-state index contributed by atoms with van der Waals surface area (Å²) in [5, 5.41) is 8.96. The third-order valence-corrected chi connectivity index (χ3v) is 3.64. The zero-order valence-corrected chi connectivity index (χ0v) is 12.0. The van der Waals surface area contributed by atoms with Gasteiger partial charge in [-0.2, -0.15) is 0 Å². The van der Waals surface area contributed by atoms with E-state index in [4.69, 9.17) is 15.6 Å². The number of piperidine rings is 1. The fourth-order valence-corrected chi connectivity index (χ4v) is 2.56. The molecule has 1 heterocycles. The summed E-state index contributed by atoms with van der Waals surface area (Å²) in [4.78, 5) is 12.4. The Morgan fingerprint density at radius 3 is 2.60 bits per heavy atom. The van der Waals surface area contributed by atoms with E-state index in [0.717, 1.165) is 18.6 Å². The van der Waals surface area contributed by atoms with Gasteiger partial charge in [0.2, 0.25) is 0 Å². The summed E-state index contributed by atoms with van der Waals surface area (Å²) in [7, 11) is 0. The van der Waals surface area contributed by atoms with Gasteiger partial charge in [0.15, 0.2) is 0 Å². The Kier molecular flexibility index (Phi) is 4.37. The molecule has 5 heteroatoms. The predicted molar refractivity (Wildman–Crippen MR) is 78.2 cm³/mol. The van der Waals surface area contributed by atoms with Crippen molar-refractivity contribution < 1.29 is 14.6 Å². The highest BCUT2D eigenvalue weighted by Crippen LogP contribution is 2.33. The molecule has 1 aromatic rings. The van der Waals surface area contributed by atoms with Crippen molar-refractivity contribution in [2.45, 2.75) is 38.7 Å². The van der Waals surface area contributed by atoms with Crippen LogP contribution in [0, 0.1) is 0 Å². The monoisotopic (exact) mass is 278 g/mol. The second kappa shape index (κ2) is 6.03. The second-order valence-electron chi connectivity index (χ2n) is 5.51. The van der Waals surface area contributed by atoms with Gasteiger partial charge in [-0.15, -0.1) is 0 Å². The highest BCUT2D eigenvalue weighted by atomic mass is 16.5. The van der Waals surface area contributed by atoms with Crippen LogP contribution < -0.4 is 10.5 Å². The highest BCUT2D eigenvalue weighted by molar-refractivity contribution is 5.65. The minimum absolute atomic E-state index is 0.0846. The van der Waals surface area contributed by atoms with Gasteiger partial charge in [-0.05, 0) is 50.3 Å². The fourth-order valence-electron chi connectivity index (χ4n) is 2.56. The van der Waals surface area contributed by atoms with E-state index >= 15 is 0 Å². The molecule has 0 aliphatic carbocycles. The van der Waals surface area contributed by atoms with Crippen molar-refractivity contribution in [2.24, 2.45) is 0 Å². The minimum Gasteiger partial charge on any atom is -0.489 e. The second-order valence-corrected chi connectivity index (χ2v) is 5.51. The first-order valence-corrected chi connectivity index (χ1v) is 7.01. The van der Waals surface area contributed by atoms with E-state index in [1.54, 1.807) is 0 Å². The molecule has 1 fully saturated rings. The number of ether oxygens (including phenoxy) is 1. The smallest absolute Gasteiger partial charge is 0.407 e. The van der Waals surface area contributed by atoms with Crippen molar-refractivity contribution in [1.82, 2.24) is 4.90 Å². The third kappa shape index (κ3) is 3.35. The van der Waals surface area contributed by atoms with Crippen LogP contribution in [0.2, 0.25) is 0 Å². The summed E-state index contributed by atoms with van der Waals surface area (Å²) < 4.78 is 5.71. The lowest BCUT2D eigenvalue weighted by molar-refractivity contribution is 0.132. The number of hydrogen-bond acceptors (Lipinski definition) is 3. The maximum absolute atomic E-state index is 10.9. The molecule has 0 bridgehead atoms. The number of amides is 1. The summed E-state index contributed by atoms with van der Waals surface area (Å²) in [6, 6.07) is 5.89. The molecule has 20 heavy (non-hydrogen) atoms. The molecule has 2 rings (SSSR count). The number of nitrogens with zero attached hydrogens (tertiary/aromatic N) is 1. The first-order valence-electron chi connectivity index (χ1n) is 7.01. The molecule has 1 aliphatic heterocycles. The third-order valence-electron chi connectivity index (χ3n) is 3.64. The lowest BCUT2D eigenvalue weighted by Gasteiger charge is -2.30. The highest BCUT2D eigenvalue weighted by Gasteiger charge is 2.23. The van der Waals surface area contributed by atoms with Crippen LogP contribution in [0.3, 0.4) is 0 Å². The molecule has 0 saturated carbocycles. The van der Waals surface area contributed by atoms with Crippen molar-refractivity contribution in [3.8, 4) is 5.75 Å². The standard InChI is InChI=1S/C15H22N2O3/c1-10(2)20-14-9-12(3-4-13(14)16)11-5-7-17(8-6-11)15(18)19/h3-4,9-11H,5-8,16H2,1-2H3,(H,18,19). The number of rotatable bonds is 3. The van der Waals surface area contributed by atoms with Crippen molar-refractivity contribution in [2.75, 3.05) is 18.8 Å². The Labute approximate surface area is 119 Å². The number of likely N-dealkylation sites (tertiary alicyclic amines) is 1. The van der Waals surface area contributed by atoms with Gasteiger partial charge in [-0.3, -0.25) is 0 Å². The zero-order chi connectivity index (χ0) is 14.7. The minimum atomic E-state index is -0.829. The molecule has 1 aromatic carbocycles. The summed E-state index contributed by atoms with van der Waals surface area (Å²) in [6.45, 7) is 5.12. The van der Waals surface area contributed by atoms with E-state index in [2.05, 4.69) is 0 Å². The van der Waals surface area contributed by atoms with Crippen molar-refractivity contribution in [3.05, 3.63) is 23.8 Å². The van der Waals surface area contributed by atoms with Crippen LogP contribution in [0.1, 0.15) is 38.2 Å². The van der Waals surface area contributed by atoms with Crippen LogP contribution in [0.25, 0.3) is 0 Å². The van der Waals surface area contributed by atoms with Gasteiger partial charge in [0.05, 0.1) is 11.8 Å². The maximum atomic E-state index is 10.9. The lowest BCUT2D eigenvalue weighted by atomic mass is 9.89. The molecule has 0 spiro atoms. The number of carbonyl (C=O) groups is 1. The molecule has 1 aliphatic rings. The van der Waals surface area contributed by atoms with Crippen molar-refractivity contribution >= 4 is 11.8 Å². The van der Waals surface area contributed by atoms with E-state index in [1.807, 2.05) is 32.0 Å². The van der Waals surface area contributed by atoms with E-state index in [0.29, 0.717) is 24.7 Å². The lowest BCUT2D eigenvalue weighted by Crippen LogP contribution is -2.36. The molecule has 1 amide bonds. The van der Waals surface area contributed by atoms with Crippen LogP contribution in [0.4, 0.5) is 10.5 Å². The SMILES string of the molecule is CC(C)Oc1cc(C2CCN(C(=O)O)CC2)ccc1N. The molecule has 5 nitrogen and oxygen atoms in total. The summed E-state index contributed by atoms with van der Waals surface area (Å²) in [6.07, 6.45) is 0.945. The van der Waals surface area contributed by atoms with Crippen molar-refractivity contribution in [3.63, 3.8) is 0 Å². The summed E-state index contributed by atoms with van der Waals surface area (Å²) in [5.41, 5.74) is 7.74. The molecule has 1 saturated heterocycles. The summed E-state index contributed by atoms with van der Waals surface area (Å²) in [5.74, 6) is 1.10. The Morgan fingerprint density at radius 1 is 1.40 bits per heavy atom. The average Bonchev–Trinajstić information content (AvgIpc) is 2.41. The number of carboxylic acid groups (broad SMARTS) is 1. The van der Waals surface area contributed by atoms with E-state index in [-0.39, 0.29) is 6.10 Å². The number of nitrogens with two attached hydrogens (primary N) is 1. The Morgan fingerprint density at radius 2 is 2.05 bits per heavy atom. The van der Waals surface area contributed by atoms with Gasteiger partial charge in [0.25, 0.3) is 0 Å². The van der Waals surface area contributed by atoms with Crippen LogP contribution in [0.5, 0.6) is 5.75 Å². The Hall–Kier alpha value is -1.91. The topological polar surface area (TPSA) is 75.8 Å².